The summed E-state index contributed by atoms with van der Waals surface area (Å²) in [6.07, 6.45) is 6.05. The van der Waals surface area contributed by atoms with E-state index in [2.05, 4.69) is 12.1 Å². The van der Waals surface area contributed by atoms with Crippen molar-refractivity contribution in [1.82, 2.24) is 0 Å². The number of methoxy groups -OCH3 is 2. The normalized spacial score (nSPS) is 28.2. The number of carbonyl (C=O) groups excluding carboxylic acids is 2. The Kier molecular flexibility index (Phi) is 4.52. The van der Waals surface area contributed by atoms with E-state index in [4.69, 9.17) is 9.47 Å². The van der Waals surface area contributed by atoms with E-state index in [1.165, 1.54) is 27.2 Å². The van der Waals surface area contributed by atoms with Crippen molar-refractivity contribution in [2.75, 3.05) is 14.2 Å². The van der Waals surface area contributed by atoms with Crippen molar-refractivity contribution in [3.8, 4) is 0 Å². The molecular formula is C20H22O4. The highest BCUT2D eigenvalue weighted by Gasteiger charge is 2.59. The third-order valence-electron chi connectivity index (χ3n) is 5.15. The van der Waals surface area contributed by atoms with Crippen LogP contribution < -0.4 is 0 Å². The smallest absolute Gasteiger partial charge is 0.236 e. The van der Waals surface area contributed by atoms with Gasteiger partial charge < -0.3 is 9.47 Å². The second kappa shape index (κ2) is 6.46. The number of Topliss-reactive ketones (excluding diaryl/α,β-unsaturated/α-hetero) is 1. The second-order valence-corrected chi connectivity index (χ2v) is 6.38. The maximum atomic E-state index is 13.1. The molecule has 3 unspecified atom stereocenters. The number of hydrogen-bond donors (Lipinski definition) is 0. The summed E-state index contributed by atoms with van der Waals surface area (Å²) in [5.74, 6) is -1.77. The Bertz CT molecular complexity index is 698. The van der Waals surface area contributed by atoms with Crippen molar-refractivity contribution in [3.63, 3.8) is 0 Å². The van der Waals surface area contributed by atoms with Crippen LogP contribution in [0.1, 0.15) is 24.8 Å². The van der Waals surface area contributed by atoms with Gasteiger partial charge in [-0.3, -0.25) is 9.59 Å². The highest BCUT2D eigenvalue weighted by atomic mass is 16.7. The maximum absolute atomic E-state index is 13.1. The minimum Gasteiger partial charge on any atom is -0.347 e. The zero-order valence-electron chi connectivity index (χ0n) is 14.2. The number of benzene rings is 1. The minimum absolute atomic E-state index is 0.0243. The lowest BCUT2D eigenvalue weighted by atomic mass is 9.60. The first-order chi connectivity index (χ1) is 11.5. The Morgan fingerprint density at radius 2 is 1.88 bits per heavy atom. The molecule has 4 nitrogen and oxygen atoms in total. The predicted octanol–water partition coefficient (Wildman–Crippen LogP) is 3.05. The van der Waals surface area contributed by atoms with Gasteiger partial charge in [0.25, 0.3) is 0 Å². The predicted molar refractivity (Wildman–Crippen MR) is 90.4 cm³/mol. The summed E-state index contributed by atoms with van der Waals surface area (Å²) in [5, 5.41) is 0. The first-order valence-electron chi connectivity index (χ1n) is 8.13. The lowest BCUT2D eigenvalue weighted by molar-refractivity contribution is -0.238. The number of fused-ring (bicyclic) bond motifs is 2. The molecule has 3 aliphatic carbocycles. The summed E-state index contributed by atoms with van der Waals surface area (Å²) in [5.41, 5.74) is 2.08. The molecule has 0 radical (unpaired) electrons. The SMILES string of the molecule is COC1(OC)C(=O)C2C=C(/C=C/C(C)=O)C1CC2c1ccccc1. The monoisotopic (exact) mass is 326 g/mol. The summed E-state index contributed by atoms with van der Waals surface area (Å²) in [4.78, 5) is 24.4. The molecule has 0 N–H and O–H groups in total. The molecular weight excluding hydrogens is 304 g/mol. The first kappa shape index (κ1) is 16.8. The minimum atomic E-state index is -1.26. The average molecular weight is 326 g/mol. The molecule has 2 bridgehead atoms. The summed E-state index contributed by atoms with van der Waals surface area (Å²) in [6.45, 7) is 1.51. The molecule has 1 fully saturated rings. The molecule has 1 aromatic rings. The standard InChI is InChI=1S/C20H22O4/c1-13(21)9-10-15-11-17-16(14-7-5-4-6-8-14)12-18(15)20(23-2,24-3)19(17)22/h4-11,16-18H,12H2,1-3H3/b10-9+. The number of carbonyl (C=O) groups is 2. The molecule has 3 aliphatic rings. The molecule has 0 heterocycles. The number of rotatable bonds is 5. The van der Waals surface area contributed by atoms with Crippen molar-refractivity contribution in [3.05, 3.63) is 59.7 Å². The fraction of sp³-hybridized carbons (Fsp3) is 0.400. The van der Waals surface area contributed by atoms with Gasteiger partial charge in [-0.2, -0.15) is 0 Å². The van der Waals surface area contributed by atoms with Crippen LogP contribution in [0.4, 0.5) is 0 Å². The first-order valence-corrected chi connectivity index (χ1v) is 8.13. The van der Waals surface area contributed by atoms with Gasteiger partial charge in [-0.1, -0.05) is 42.5 Å². The van der Waals surface area contributed by atoms with Crippen molar-refractivity contribution >= 4 is 11.6 Å². The third kappa shape index (κ3) is 2.56. The van der Waals surface area contributed by atoms with E-state index in [9.17, 15) is 9.59 Å². The Morgan fingerprint density at radius 1 is 1.21 bits per heavy atom. The molecule has 0 aliphatic heterocycles. The summed E-state index contributed by atoms with van der Waals surface area (Å²) in [6, 6.07) is 10.1. The molecule has 24 heavy (non-hydrogen) atoms. The Morgan fingerprint density at radius 3 is 2.46 bits per heavy atom. The Balaban J connectivity index is 2.05. The van der Waals surface area contributed by atoms with Gasteiger partial charge in [0.1, 0.15) is 0 Å². The van der Waals surface area contributed by atoms with Gasteiger partial charge >= 0.3 is 0 Å². The van der Waals surface area contributed by atoms with Crippen LogP contribution in [0.15, 0.2) is 54.1 Å². The molecule has 4 heteroatoms. The number of ketones is 2. The van der Waals surface area contributed by atoms with E-state index in [1.807, 2.05) is 24.3 Å². The Labute approximate surface area is 142 Å². The quantitative estimate of drug-likeness (QED) is 0.616. The van der Waals surface area contributed by atoms with Gasteiger partial charge in [0.2, 0.25) is 5.79 Å². The van der Waals surface area contributed by atoms with Crippen LogP contribution in [0.3, 0.4) is 0 Å². The van der Waals surface area contributed by atoms with Crippen molar-refractivity contribution in [1.29, 1.82) is 0 Å². The molecule has 4 rings (SSSR count). The van der Waals surface area contributed by atoms with Gasteiger partial charge in [-0.05, 0) is 36.5 Å². The largest absolute Gasteiger partial charge is 0.347 e. The van der Waals surface area contributed by atoms with Crippen molar-refractivity contribution < 1.29 is 19.1 Å². The fourth-order valence-electron chi connectivity index (χ4n) is 4.01. The zero-order valence-corrected chi connectivity index (χ0v) is 14.2. The van der Waals surface area contributed by atoms with Gasteiger partial charge in [0.15, 0.2) is 11.6 Å². The molecule has 1 aromatic carbocycles. The van der Waals surface area contributed by atoms with Gasteiger partial charge in [0, 0.05) is 26.1 Å². The van der Waals surface area contributed by atoms with Crippen LogP contribution in [-0.4, -0.2) is 31.6 Å². The molecule has 0 saturated heterocycles. The highest BCUT2D eigenvalue weighted by molar-refractivity contribution is 5.94. The van der Waals surface area contributed by atoms with Crippen LogP contribution in [0.25, 0.3) is 0 Å². The molecule has 0 amide bonds. The van der Waals surface area contributed by atoms with Gasteiger partial charge in [-0.15, -0.1) is 0 Å². The highest BCUT2D eigenvalue weighted by Crippen LogP contribution is 2.53. The number of hydrogen-bond acceptors (Lipinski definition) is 4. The average Bonchev–Trinajstić information content (AvgIpc) is 2.61. The van der Waals surface area contributed by atoms with Crippen molar-refractivity contribution in [2.24, 2.45) is 11.8 Å². The van der Waals surface area contributed by atoms with E-state index in [-0.39, 0.29) is 29.3 Å². The lowest BCUT2D eigenvalue weighted by Crippen LogP contribution is -2.59. The number of ether oxygens (including phenoxy) is 2. The van der Waals surface area contributed by atoms with Crippen LogP contribution in [0.2, 0.25) is 0 Å². The van der Waals surface area contributed by atoms with Gasteiger partial charge in [0.05, 0.1) is 0 Å². The van der Waals surface area contributed by atoms with Crippen LogP contribution >= 0.6 is 0 Å². The summed E-state index contributed by atoms with van der Waals surface area (Å²) >= 11 is 0. The van der Waals surface area contributed by atoms with E-state index >= 15 is 0 Å². The van der Waals surface area contributed by atoms with E-state index in [0.29, 0.717) is 0 Å². The molecule has 0 aromatic heterocycles. The van der Waals surface area contributed by atoms with E-state index in [1.54, 1.807) is 6.08 Å². The van der Waals surface area contributed by atoms with Gasteiger partial charge in [-0.25, -0.2) is 0 Å². The zero-order chi connectivity index (χ0) is 17.3. The summed E-state index contributed by atoms with van der Waals surface area (Å²) < 4.78 is 11.1. The van der Waals surface area contributed by atoms with Crippen LogP contribution in [-0.2, 0) is 19.1 Å². The summed E-state index contributed by atoms with van der Waals surface area (Å²) in [7, 11) is 3.01. The fourth-order valence-corrected chi connectivity index (χ4v) is 4.01. The molecule has 0 spiro atoms. The van der Waals surface area contributed by atoms with E-state index in [0.717, 1.165) is 17.6 Å². The van der Waals surface area contributed by atoms with Crippen molar-refractivity contribution in [2.45, 2.75) is 25.0 Å². The Hall–Kier alpha value is -2.04. The van der Waals surface area contributed by atoms with E-state index < -0.39 is 5.79 Å². The third-order valence-corrected chi connectivity index (χ3v) is 5.15. The van der Waals surface area contributed by atoms with Crippen LogP contribution in [0, 0.1) is 11.8 Å². The second-order valence-electron chi connectivity index (χ2n) is 6.38. The molecule has 126 valence electrons. The van der Waals surface area contributed by atoms with Crippen LogP contribution in [0.5, 0.6) is 0 Å². The lowest BCUT2D eigenvalue weighted by Gasteiger charge is -2.50. The topological polar surface area (TPSA) is 52.6 Å². The number of allylic oxidation sites excluding steroid dienone is 3. The maximum Gasteiger partial charge on any atom is 0.236 e. The molecule has 3 atom stereocenters. The molecule has 1 saturated carbocycles.